The van der Waals surface area contributed by atoms with Crippen molar-refractivity contribution < 1.29 is 0 Å². The monoisotopic (exact) mass is 211 g/mol. The second-order valence-electron chi connectivity index (χ2n) is 4.01. The van der Waals surface area contributed by atoms with Gasteiger partial charge in [-0.05, 0) is 43.4 Å². The Labute approximate surface area is 92.3 Å². The standard InChI is InChI=1S/C12H17N.ClH/c1-9-4-3-5-11(10(9)2)8-13-12-6-7-12;/h3-5,12-13H,6-8H2,1-2H3;1H. The fourth-order valence-corrected chi connectivity index (χ4v) is 1.55. The van der Waals surface area contributed by atoms with Crippen LogP contribution in [-0.2, 0) is 6.54 Å². The average molecular weight is 212 g/mol. The molecule has 1 aliphatic carbocycles. The first-order chi connectivity index (χ1) is 6.27. The molecule has 2 rings (SSSR count). The SMILES string of the molecule is Cc1cccc(CNC2CC2)c1C.Cl. The zero-order valence-corrected chi connectivity index (χ0v) is 9.66. The molecule has 0 heterocycles. The molecule has 1 aliphatic rings. The molecule has 0 radical (unpaired) electrons. The van der Waals surface area contributed by atoms with Crippen LogP contribution in [0.3, 0.4) is 0 Å². The maximum atomic E-state index is 3.54. The van der Waals surface area contributed by atoms with Crippen LogP contribution in [0.4, 0.5) is 0 Å². The van der Waals surface area contributed by atoms with Gasteiger partial charge in [-0.25, -0.2) is 0 Å². The number of nitrogens with one attached hydrogen (secondary N) is 1. The predicted octanol–water partition coefficient (Wildman–Crippen LogP) is 2.98. The highest BCUT2D eigenvalue weighted by Crippen LogP contribution is 2.20. The predicted molar refractivity (Wildman–Crippen MR) is 63.0 cm³/mol. The van der Waals surface area contributed by atoms with E-state index in [0.29, 0.717) is 0 Å². The van der Waals surface area contributed by atoms with Gasteiger partial charge >= 0.3 is 0 Å². The molecule has 14 heavy (non-hydrogen) atoms. The molecule has 0 spiro atoms. The minimum absolute atomic E-state index is 0. The Kier molecular flexibility index (Phi) is 3.97. The lowest BCUT2D eigenvalue weighted by Gasteiger charge is -2.08. The van der Waals surface area contributed by atoms with Crippen LogP contribution < -0.4 is 5.32 Å². The number of hydrogen-bond acceptors (Lipinski definition) is 1. The van der Waals surface area contributed by atoms with E-state index < -0.39 is 0 Å². The van der Waals surface area contributed by atoms with E-state index in [2.05, 4.69) is 37.4 Å². The average Bonchev–Trinajstić information content (AvgIpc) is 2.91. The van der Waals surface area contributed by atoms with Crippen molar-refractivity contribution in [3.8, 4) is 0 Å². The molecule has 78 valence electrons. The van der Waals surface area contributed by atoms with Gasteiger partial charge in [-0.15, -0.1) is 12.4 Å². The van der Waals surface area contributed by atoms with Crippen molar-refractivity contribution in [3.05, 3.63) is 34.9 Å². The maximum Gasteiger partial charge on any atom is 0.0210 e. The van der Waals surface area contributed by atoms with Gasteiger partial charge < -0.3 is 5.32 Å². The first-order valence-corrected chi connectivity index (χ1v) is 5.06. The zero-order valence-electron chi connectivity index (χ0n) is 8.84. The van der Waals surface area contributed by atoms with Crippen LogP contribution in [-0.4, -0.2) is 6.04 Å². The summed E-state index contributed by atoms with van der Waals surface area (Å²) in [5.41, 5.74) is 4.29. The minimum Gasteiger partial charge on any atom is -0.310 e. The van der Waals surface area contributed by atoms with Crippen molar-refractivity contribution in [2.24, 2.45) is 0 Å². The van der Waals surface area contributed by atoms with Gasteiger partial charge in [0.2, 0.25) is 0 Å². The molecule has 0 aliphatic heterocycles. The van der Waals surface area contributed by atoms with Crippen LogP contribution in [0.15, 0.2) is 18.2 Å². The lowest BCUT2D eigenvalue weighted by atomic mass is 10.0. The Bertz CT molecular complexity index is 305. The summed E-state index contributed by atoms with van der Waals surface area (Å²) in [7, 11) is 0. The molecule has 1 aromatic carbocycles. The third-order valence-electron chi connectivity index (χ3n) is 2.88. The molecule has 0 saturated heterocycles. The van der Waals surface area contributed by atoms with Gasteiger partial charge in [-0.2, -0.15) is 0 Å². The summed E-state index contributed by atoms with van der Waals surface area (Å²) in [4.78, 5) is 0. The zero-order chi connectivity index (χ0) is 9.26. The highest BCUT2D eigenvalue weighted by molar-refractivity contribution is 5.85. The lowest BCUT2D eigenvalue weighted by Crippen LogP contribution is -2.16. The van der Waals surface area contributed by atoms with Crippen LogP contribution >= 0.6 is 12.4 Å². The summed E-state index contributed by atoms with van der Waals surface area (Å²) in [6.45, 7) is 5.42. The number of aryl methyl sites for hydroxylation is 1. The van der Waals surface area contributed by atoms with E-state index in [1.165, 1.54) is 29.5 Å². The van der Waals surface area contributed by atoms with Crippen LogP contribution in [0.25, 0.3) is 0 Å². The third-order valence-corrected chi connectivity index (χ3v) is 2.88. The van der Waals surface area contributed by atoms with Crippen molar-refractivity contribution in [3.63, 3.8) is 0 Å². The molecule has 0 unspecified atom stereocenters. The number of rotatable bonds is 3. The van der Waals surface area contributed by atoms with Crippen LogP contribution in [0.1, 0.15) is 29.5 Å². The van der Waals surface area contributed by atoms with Gasteiger partial charge in [0.1, 0.15) is 0 Å². The van der Waals surface area contributed by atoms with Gasteiger partial charge in [-0.3, -0.25) is 0 Å². The Morgan fingerprint density at radius 2 is 2.00 bits per heavy atom. The molecule has 1 N–H and O–H groups in total. The van der Waals surface area contributed by atoms with Gasteiger partial charge in [0.05, 0.1) is 0 Å². The highest BCUT2D eigenvalue weighted by Gasteiger charge is 2.20. The minimum atomic E-state index is 0. The van der Waals surface area contributed by atoms with E-state index in [1.54, 1.807) is 0 Å². The molecule has 0 amide bonds. The van der Waals surface area contributed by atoms with Gasteiger partial charge in [-0.1, -0.05) is 18.2 Å². The van der Waals surface area contributed by atoms with Gasteiger partial charge in [0, 0.05) is 12.6 Å². The Morgan fingerprint density at radius 1 is 1.29 bits per heavy atom. The molecule has 0 atom stereocenters. The van der Waals surface area contributed by atoms with Crippen molar-refractivity contribution in [2.75, 3.05) is 0 Å². The fraction of sp³-hybridized carbons (Fsp3) is 0.500. The number of benzene rings is 1. The van der Waals surface area contributed by atoms with Crippen LogP contribution in [0.5, 0.6) is 0 Å². The quantitative estimate of drug-likeness (QED) is 0.811. The lowest BCUT2D eigenvalue weighted by molar-refractivity contribution is 0.684. The largest absolute Gasteiger partial charge is 0.310 e. The Morgan fingerprint density at radius 3 is 2.64 bits per heavy atom. The summed E-state index contributed by atoms with van der Waals surface area (Å²) >= 11 is 0. The fourth-order valence-electron chi connectivity index (χ4n) is 1.55. The first kappa shape index (κ1) is 11.5. The summed E-state index contributed by atoms with van der Waals surface area (Å²) < 4.78 is 0. The van der Waals surface area contributed by atoms with Crippen molar-refractivity contribution in [1.82, 2.24) is 5.32 Å². The summed E-state index contributed by atoms with van der Waals surface area (Å²) in [5.74, 6) is 0. The van der Waals surface area contributed by atoms with Crippen LogP contribution in [0, 0.1) is 13.8 Å². The van der Waals surface area contributed by atoms with E-state index in [0.717, 1.165) is 12.6 Å². The molecule has 2 heteroatoms. The smallest absolute Gasteiger partial charge is 0.0210 e. The molecular formula is C12H18ClN. The first-order valence-electron chi connectivity index (χ1n) is 5.06. The van der Waals surface area contributed by atoms with E-state index in [4.69, 9.17) is 0 Å². The maximum absolute atomic E-state index is 3.54. The summed E-state index contributed by atoms with van der Waals surface area (Å²) in [6, 6.07) is 7.35. The molecule has 0 bridgehead atoms. The second kappa shape index (κ2) is 4.81. The van der Waals surface area contributed by atoms with Gasteiger partial charge in [0.15, 0.2) is 0 Å². The molecule has 1 aromatic rings. The van der Waals surface area contributed by atoms with E-state index in [-0.39, 0.29) is 12.4 Å². The topological polar surface area (TPSA) is 12.0 Å². The molecule has 1 fully saturated rings. The highest BCUT2D eigenvalue weighted by atomic mass is 35.5. The van der Waals surface area contributed by atoms with Crippen molar-refractivity contribution in [2.45, 2.75) is 39.3 Å². The molecule has 1 nitrogen and oxygen atoms in total. The number of halogens is 1. The molecular weight excluding hydrogens is 194 g/mol. The Hall–Kier alpha value is -0.530. The van der Waals surface area contributed by atoms with Crippen LogP contribution in [0.2, 0.25) is 0 Å². The van der Waals surface area contributed by atoms with E-state index in [9.17, 15) is 0 Å². The third kappa shape index (κ3) is 2.73. The van der Waals surface area contributed by atoms with Crippen molar-refractivity contribution >= 4 is 12.4 Å². The molecule has 0 aromatic heterocycles. The second-order valence-corrected chi connectivity index (χ2v) is 4.01. The van der Waals surface area contributed by atoms with E-state index >= 15 is 0 Å². The molecule has 1 saturated carbocycles. The van der Waals surface area contributed by atoms with E-state index in [1.807, 2.05) is 0 Å². The Balaban J connectivity index is 0.000000980. The normalized spacial score (nSPS) is 15.0. The van der Waals surface area contributed by atoms with Gasteiger partial charge in [0.25, 0.3) is 0 Å². The number of hydrogen-bond donors (Lipinski definition) is 1. The van der Waals surface area contributed by atoms with Crippen molar-refractivity contribution in [1.29, 1.82) is 0 Å². The summed E-state index contributed by atoms with van der Waals surface area (Å²) in [5, 5.41) is 3.54. The summed E-state index contributed by atoms with van der Waals surface area (Å²) in [6.07, 6.45) is 2.73.